The molecule has 0 bridgehead atoms. The van der Waals surface area contributed by atoms with Gasteiger partial charge < -0.3 is 10.2 Å². The third-order valence-corrected chi connectivity index (χ3v) is 6.56. The molecule has 9 heteroatoms. The number of nitrogens with one attached hydrogen (secondary N) is 1. The summed E-state index contributed by atoms with van der Waals surface area (Å²) in [5, 5.41) is 4.80. The molecule has 0 saturated carbocycles. The predicted octanol–water partition coefficient (Wildman–Crippen LogP) is 3.99. The highest BCUT2D eigenvalue weighted by molar-refractivity contribution is 7.09. The summed E-state index contributed by atoms with van der Waals surface area (Å²) in [7, 11) is 0. The monoisotopic (exact) mass is 475 g/mol. The number of benzene rings is 2. The van der Waals surface area contributed by atoms with Crippen LogP contribution in [0, 0.1) is 0 Å². The van der Waals surface area contributed by atoms with E-state index in [0.717, 1.165) is 50.1 Å². The van der Waals surface area contributed by atoms with Gasteiger partial charge in [-0.1, -0.05) is 53.5 Å². The molecule has 2 heterocycles. The average Bonchev–Trinajstić information content (AvgIpc) is 3.23. The number of amides is 1. The summed E-state index contributed by atoms with van der Waals surface area (Å²) in [6, 6.07) is 15.2. The van der Waals surface area contributed by atoms with Crippen molar-refractivity contribution in [3.05, 3.63) is 75.5 Å². The molecule has 162 valence electrons. The van der Waals surface area contributed by atoms with Gasteiger partial charge in [0.25, 0.3) is 5.91 Å². The number of carbonyl (C=O) groups is 1. The zero-order valence-electron chi connectivity index (χ0n) is 16.9. The lowest BCUT2D eigenvalue weighted by Gasteiger charge is -2.34. The van der Waals surface area contributed by atoms with Gasteiger partial charge in [-0.2, -0.15) is 4.37 Å². The molecule has 0 aliphatic carbocycles. The van der Waals surface area contributed by atoms with Gasteiger partial charge in [-0.3, -0.25) is 9.69 Å². The maximum Gasteiger partial charge on any atom is 0.252 e. The minimum atomic E-state index is -0.180. The molecule has 1 amide bonds. The number of carbonyl (C=O) groups excluding carboxylic acids is 1. The van der Waals surface area contributed by atoms with Crippen LogP contribution < -0.4 is 10.2 Å². The van der Waals surface area contributed by atoms with E-state index in [1.165, 1.54) is 17.1 Å². The lowest BCUT2D eigenvalue weighted by molar-refractivity contribution is 0.0948. The third-order valence-electron chi connectivity index (χ3n) is 5.19. The highest BCUT2D eigenvalue weighted by Crippen LogP contribution is 2.21. The number of hydrogen-bond acceptors (Lipinski definition) is 6. The van der Waals surface area contributed by atoms with E-state index in [-0.39, 0.29) is 5.91 Å². The van der Waals surface area contributed by atoms with E-state index in [0.29, 0.717) is 22.2 Å². The maximum absolute atomic E-state index is 12.3. The van der Waals surface area contributed by atoms with Crippen LogP contribution in [0.2, 0.25) is 10.0 Å². The molecule has 0 radical (unpaired) electrons. The topological polar surface area (TPSA) is 61.4 Å². The molecule has 0 atom stereocenters. The number of halogens is 2. The molecule has 2 aromatic carbocycles. The van der Waals surface area contributed by atoms with E-state index in [1.807, 2.05) is 18.2 Å². The van der Waals surface area contributed by atoms with Crippen LogP contribution in [0.5, 0.6) is 0 Å². The molecule has 6 nitrogen and oxygen atoms in total. The predicted molar refractivity (Wildman–Crippen MR) is 127 cm³/mol. The van der Waals surface area contributed by atoms with E-state index in [4.69, 9.17) is 28.2 Å². The van der Waals surface area contributed by atoms with Gasteiger partial charge in [-0.15, -0.1) is 0 Å². The zero-order chi connectivity index (χ0) is 21.6. The Bertz CT molecular complexity index is 1020. The summed E-state index contributed by atoms with van der Waals surface area (Å²) in [5.41, 5.74) is 1.66. The van der Waals surface area contributed by atoms with E-state index in [1.54, 1.807) is 18.2 Å². The van der Waals surface area contributed by atoms with Crippen molar-refractivity contribution >= 4 is 45.8 Å². The van der Waals surface area contributed by atoms with E-state index >= 15 is 0 Å². The minimum absolute atomic E-state index is 0.180. The first-order valence-corrected chi connectivity index (χ1v) is 11.7. The highest BCUT2D eigenvalue weighted by Gasteiger charge is 2.20. The van der Waals surface area contributed by atoms with E-state index in [2.05, 4.69) is 31.6 Å². The number of aromatic nitrogens is 2. The molecule has 4 rings (SSSR count). The SMILES string of the molecule is O=C(NCCN1CCN(c2nc(Cc3ccccc3)ns2)CC1)c1ccc(Cl)cc1Cl. The first kappa shape index (κ1) is 22.0. The summed E-state index contributed by atoms with van der Waals surface area (Å²) in [4.78, 5) is 21.7. The van der Waals surface area contributed by atoms with Crippen LogP contribution >= 0.6 is 34.7 Å². The fraction of sp³-hybridized carbons (Fsp3) is 0.318. The largest absolute Gasteiger partial charge is 0.351 e. The Balaban J connectivity index is 1.21. The standard InChI is InChI=1S/C22H23Cl2N5OS/c23-17-6-7-18(19(24)15-17)21(30)25-8-9-28-10-12-29(13-11-28)22-26-20(27-31-22)14-16-4-2-1-3-5-16/h1-7,15H,8-14H2,(H,25,30). The van der Waals surface area contributed by atoms with E-state index < -0.39 is 0 Å². The van der Waals surface area contributed by atoms with Gasteiger partial charge in [0.05, 0.1) is 10.6 Å². The summed E-state index contributed by atoms with van der Waals surface area (Å²) >= 11 is 13.5. The number of nitrogens with zero attached hydrogens (tertiary/aromatic N) is 4. The molecule has 1 aromatic heterocycles. The normalized spacial score (nSPS) is 14.6. The third kappa shape index (κ3) is 5.95. The van der Waals surface area contributed by atoms with Crippen molar-refractivity contribution in [2.75, 3.05) is 44.2 Å². The van der Waals surface area contributed by atoms with Gasteiger partial charge in [0.2, 0.25) is 5.13 Å². The Labute approximate surface area is 196 Å². The van der Waals surface area contributed by atoms with Crippen molar-refractivity contribution < 1.29 is 4.79 Å². The van der Waals surface area contributed by atoms with Gasteiger partial charge in [0.15, 0.2) is 0 Å². The van der Waals surface area contributed by atoms with Crippen molar-refractivity contribution in [3.8, 4) is 0 Å². The molecule has 1 N–H and O–H groups in total. The van der Waals surface area contributed by atoms with Crippen molar-refractivity contribution in [2.24, 2.45) is 0 Å². The summed E-state index contributed by atoms with van der Waals surface area (Å²) in [6.07, 6.45) is 0.759. The lowest BCUT2D eigenvalue weighted by Crippen LogP contribution is -2.48. The van der Waals surface area contributed by atoms with Crippen molar-refractivity contribution in [2.45, 2.75) is 6.42 Å². The van der Waals surface area contributed by atoms with Gasteiger partial charge in [-0.05, 0) is 23.8 Å². The number of rotatable bonds is 7. The first-order valence-electron chi connectivity index (χ1n) is 10.2. The summed E-state index contributed by atoms with van der Waals surface area (Å²) in [6.45, 7) is 5.00. The smallest absolute Gasteiger partial charge is 0.252 e. The molecular weight excluding hydrogens is 453 g/mol. The van der Waals surface area contributed by atoms with Crippen LogP contribution in [-0.4, -0.2) is 59.4 Å². The molecule has 1 aliphatic heterocycles. The number of hydrogen-bond donors (Lipinski definition) is 1. The fourth-order valence-corrected chi connectivity index (χ4v) is 4.71. The second-order valence-electron chi connectivity index (χ2n) is 7.36. The van der Waals surface area contributed by atoms with Crippen molar-refractivity contribution in [1.29, 1.82) is 0 Å². The molecular formula is C22H23Cl2N5OS. The first-order chi connectivity index (χ1) is 15.1. The Morgan fingerprint density at radius 2 is 1.84 bits per heavy atom. The quantitative estimate of drug-likeness (QED) is 0.559. The Morgan fingerprint density at radius 1 is 1.06 bits per heavy atom. The summed E-state index contributed by atoms with van der Waals surface area (Å²) < 4.78 is 4.52. The van der Waals surface area contributed by atoms with Crippen LogP contribution in [0.3, 0.4) is 0 Å². The van der Waals surface area contributed by atoms with E-state index in [9.17, 15) is 4.79 Å². The molecule has 31 heavy (non-hydrogen) atoms. The second-order valence-corrected chi connectivity index (χ2v) is 8.94. The molecule has 1 aliphatic rings. The van der Waals surface area contributed by atoms with Crippen LogP contribution in [0.15, 0.2) is 48.5 Å². The molecule has 1 saturated heterocycles. The molecule has 1 fully saturated rings. The highest BCUT2D eigenvalue weighted by atomic mass is 35.5. The van der Waals surface area contributed by atoms with Crippen molar-refractivity contribution in [3.63, 3.8) is 0 Å². The van der Waals surface area contributed by atoms with Gasteiger partial charge in [-0.25, -0.2) is 4.98 Å². The van der Waals surface area contributed by atoms with Crippen LogP contribution in [0.4, 0.5) is 5.13 Å². The minimum Gasteiger partial charge on any atom is -0.351 e. The van der Waals surface area contributed by atoms with Crippen LogP contribution in [0.1, 0.15) is 21.7 Å². The lowest BCUT2D eigenvalue weighted by atomic mass is 10.1. The van der Waals surface area contributed by atoms with Gasteiger partial charge in [0.1, 0.15) is 5.82 Å². The summed E-state index contributed by atoms with van der Waals surface area (Å²) in [5.74, 6) is 0.692. The van der Waals surface area contributed by atoms with Gasteiger partial charge >= 0.3 is 0 Å². The molecule has 3 aromatic rings. The maximum atomic E-state index is 12.3. The Kier molecular flexibility index (Phi) is 7.40. The number of anilines is 1. The Hall–Kier alpha value is -2.19. The zero-order valence-corrected chi connectivity index (χ0v) is 19.3. The van der Waals surface area contributed by atoms with Gasteiger partial charge in [0, 0.05) is 62.2 Å². The Morgan fingerprint density at radius 3 is 2.58 bits per heavy atom. The molecule has 0 unspecified atom stereocenters. The van der Waals surface area contributed by atoms with Crippen LogP contribution in [-0.2, 0) is 6.42 Å². The second kappa shape index (κ2) is 10.4. The average molecular weight is 476 g/mol. The molecule has 0 spiro atoms. The fourth-order valence-electron chi connectivity index (χ4n) is 3.48. The van der Waals surface area contributed by atoms with Crippen LogP contribution in [0.25, 0.3) is 0 Å². The number of piperazine rings is 1. The van der Waals surface area contributed by atoms with Crippen molar-refractivity contribution in [1.82, 2.24) is 19.6 Å².